The van der Waals surface area contributed by atoms with Gasteiger partial charge in [0, 0.05) is 23.7 Å². The number of hydrogen-bond acceptors (Lipinski definition) is 3. The van der Waals surface area contributed by atoms with E-state index in [-0.39, 0.29) is 5.91 Å². The number of fused-ring (bicyclic) bond motifs is 1. The molecular weight excluding hydrogens is 306 g/mol. The number of carbonyl (C=O) groups excluding carboxylic acids is 1. The molecule has 0 fully saturated rings. The minimum atomic E-state index is 0.0800. The zero-order valence-corrected chi connectivity index (χ0v) is 14.8. The Morgan fingerprint density at radius 1 is 1.26 bits per heavy atom. The summed E-state index contributed by atoms with van der Waals surface area (Å²) in [6.45, 7) is 5.62. The molecule has 0 aromatic carbocycles. The topological polar surface area (TPSA) is 46.9 Å². The quantitative estimate of drug-likeness (QED) is 0.671. The fourth-order valence-corrected chi connectivity index (χ4v) is 4.37. The Morgan fingerprint density at radius 3 is 2.87 bits per heavy atom. The molecule has 1 aliphatic carbocycles. The maximum atomic E-state index is 12.3. The van der Waals surface area contributed by atoms with Crippen LogP contribution in [0.5, 0.6) is 0 Å². The normalized spacial score (nSPS) is 14.3. The van der Waals surface area contributed by atoms with E-state index in [9.17, 15) is 4.79 Å². The fraction of sp³-hybridized carbons (Fsp3) is 0.556. The number of hydrogen-bond donors (Lipinski definition) is 1. The maximum absolute atomic E-state index is 12.3. The van der Waals surface area contributed by atoms with Crippen molar-refractivity contribution in [3.63, 3.8) is 0 Å². The van der Waals surface area contributed by atoms with Crippen LogP contribution in [0.25, 0.3) is 0 Å². The van der Waals surface area contributed by atoms with Crippen LogP contribution in [0.15, 0.2) is 12.1 Å². The van der Waals surface area contributed by atoms with Gasteiger partial charge in [0.25, 0.3) is 5.91 Å². The van der Waals surface area contributed by atoms with E-state index in [0.717, 1.165) is 36.4 Å². The summed E-state index contributed by atoms with van der Waals surface area (Å²) in [5, 5.41) is 7.49. The van der Waals surface area contributed by atoms with Gasteiger partial charge >= 0.3 is 0 Å². The summed E-state index contributed by atoms with van der Waals surface area (Å²) in [6, 6.07) is 4.19. The molecule has 1 aliphatic rings. The van der Waals surface area contributed by atoms with Gasteiger partial charge in [-0.2, -0.15) is 5.10 Å². The summed E-state index contributed by atoms with van der Waals surface area (Å²) in [5.41, 5.74) is 3.63. The average molecular weight is 331 g/mol. The third-order valence-electron chi connectivity index (χ3n) is 4.41. The molecule has 0 saturated heterocycles. The molecule has 0 spiro atoms. The van der Waals surface area contributed by atoms with E-state index < -0.39 is 0 Å². The van der Waals surface area contributed by atoms with Crippen molar-refractivity contribution in [2.45, 2.75) is 58.9 Å². The molecule has 0 unspecified atom stereocenters. The van der Waals surface area contributed by atoms with Gasteiger partial charge in [0.05, 0.1) is 10.6 Å². The van der Waals surface area contributed by atoms with Gasteiger partial charge in [0.15, 0.2) is 0 Å². The number of thiophene rings is 1. The van der Waals surface area contributed by atoms with Gasteiger partial charge in [0.1, 0.15) is 0 Å². The predicted octanol–water partition coefficient (Wildman–Crippen LogP) is 3.65. The van der Waals surface area contributed by atoms with Gasteiger partial charge in [-0.15, -0.1) is 11.3 Å². The standard InChI is InChI=1S/C18H25N3OS/c1-13-11-14(2)21(20-13)10-6-9-19-18(22)17-12-15-7-4-3-5-8-16(15)23-17/h11-12H,3-10H2,1-2H3,(H,19,22). The van der Waals surface area contributed by atoms with Crippen LogP contribution >= 0.6 is 11.3 Å². The third-order valence-corrected chi connectivity index (χ3v) is 5.64. The number of aromatic nitrogens is 2. The van der Waals surface area contributed by atoms with Crippen LogP contribution in [-0.2, 0) is 19.4 Å². The maximum Gasteiger partial charge on any atom is 0.261 e. The molecule has 5 heteroatoms. The highest BCUT2D eigenvalue weighted by molar-refractivity contribution is 7.14. The minimum absolute atomic E-state index is 0.0800. The van der Waals surface area contributed by atoms with Crippen molar-refractivity contribution < 1.29 is 4.79 Å². The van der Waals surface area contributed by atoms with Gasteiger partial charge in [-0.3, -0.25) is 9.48 Å². The van der Waals surface area contributed by atoms with E-state index in [1.165, 1.54) is 35.4 Å². The highest BCUT2D eigenvalue weighted by Gasteiger charge is 2.16. The molecule has 0 atom stereocenters. The number of nitrogens with zero attached hydrogens (tertiary/aromatic N) is 2. The van der Waals surface area contributed by atoms with Gasteiger partial charge in [0.2, 0.25) is 0 Å². The second-order valence-electron chi connectivity index (χ2n) is 6.38. The molecule has 0 saturated carbocycles. The molecule has 2 aromatic rings. The van der Waals surface area contributed by atoms with Crippen molar-refractivity contribution in [1.82, 2.24) is 15.1 Å². The Kier molecular flexibility index (Phi) is 5.16. The van der Waals surface area contributed by atoms with Crippen LogP contribution in [0, 0.1) is 13.8 Å². The van der Waals surface area contributed by atoms with Crippen molar-refractivity contribution in [2.75, 3.05) is 6.54 Å². The lowest BCUT2D eigenvalue weighted by Crippen LogP contribution is -2.24. The second-order valence-corrected chi connectivity index (χ2v) is 7.52. The molecule has 0 aliphatic heterocycles. The summed E-state index contributed by atoms with van der Waals surface area (Å²) < 4.78 is 2.01. The van der Waals surface area contributed by atoms with E-state index in [2.05, 4.69) is 29.5 Å². The molecule has 4 nitrogen and oxygen atoms in total. The van der Waals surface area contributed by atoms with Crippen molar-refractivity contribution in [3.8, 4) is 0 Å². The van der Waals surface area contributed by atoms with Crippen LogP contribution < -0.4 is 5.32 Å². The van der Waals surface area contributed by atoms with Crippen molar-refractivity contribution in [1.29, 1.82) is 0 Å². The Bertz CT molecular complexity index is 663. The lowest BCUT2D eigenvalue weighted by atomic mass is 10.1. The first kappa shape index (κ1) is 16.2. The average Bonchev–Trinajstić information content (AvgIpc) is 2.99. The number of rotatable bonds is 5. The van der Waals surface area contributed by atoms with Crippen LogP contribution in [-0.4, -0.2) is 22.2 Å². The molecule has 3 rings (SSSR count). The van der Waals surface area contributed by atoms with Crippen LogP contribution in [0.1, 0.15) is 57.2 Å². The summed E-state index contributed by atoms with van der Waals surface area (Å²) in [5.74, 6) is 0.0800. The van der Waals surface area contributed by atoms with Gasteiger partial charge in [-0.1, -0.05) is 6.42 Å². The minimum Gasteiger partial charge on any atom is -0.351 e. The Hall–Kier alpha value is -1.62. The summed E-state index contributed by atoms with van der Waals surface area (Å²) in [4.78, 5) is 14.6. The third kappa shape index (κ3) is 4.02. The van der Waals surface area contributed by atoms with Crippen molar-refractivity contribution in [3.05, 3.63) is 38.8 Å². The van der Waals surface area contributed by atoms with E-state index in [0.29, 0.717) is 6.54 Å². The van der Waals surface area contributed by atoms with Gasteiger partial charge < -0.3 is 5.32 Å². The molecule has 1 N–H and O–H groups in total. The predicted molar refractivity (Wildman–Crippen MR) is 94.2 cm³/mol. The first-order valence-electron chi connectivity index (χ1n) is 8.54. The first-order valence-corrected chi connectivity index (χ1v) is 9.36. The lowest BCUT2D eigenvalue weighted by Gasteiger charge is -2.05. The first-order chi connectivity index (χ1) is 11.1. The van der Waals surface area contributed by atoms with Crippen LogP contribution in [0.2, 0.25) is 0 Å². The second kappa shape index (κ2) is 7.30. The molecular formula is C18H25N3OS. The lowest BCUT2D eigenvalue weighted by molar-refractivity contribution is 0.0956. The highest BCUT2D eigenvalue weighted by Crippen LogP contribution is 2.28. The molecule has 23 heavy (non-hydrogen) atoms. The molecule has 124 valence electrons. The smallest absolute Gasteiger partial charge is 0.261 e. The Labute approximate surface area is 141 Å². The van der Waals surface area contributed by atoms with Gasteiger partial charge in [-0.25, -0.2) is 0 Å². The Morgan fingerprint density at radius 2 is 2.09 bits per heavy atom. The molecule has 0 radical (unpaired) electrons. The molecule has 0 bridgehead atoms. The number of aryl methyl sites for hydroxylation is 5. The number of carbonyl (C=O) groups is 1. The van der Waals surface area contributed by atoms with Crippen LogP contribution in [0.3, 0.4) is 0 Å². The summed E-state index contributed by atoms with van der Waals surface area (Å²) >= 11 is 1.69. The van der Waals surface area contributed by atoms with Crippen LogP contribution in [0.4, 0.5) is 0 Å². The summed E-state index contributed by atoms with van der Waals surface area (Å²) in [6.07, 6.45) is 7.01. The van der Waals surface area contributed by atoms with E-state index in [1.807, 2.05) is 11.6 Å². The van der Waals surface area contributed by atoms with E-state index in [4.69, 9.17) is 0 Å². The molecule has 2 aromatic heterocycles. The molecule has 1 amide bonds. The summed E-state index contributed by atoms with van der Waals surface area (Å²) in [7, 11) is 0. The van der Waals surface area contributed by atoms with E-state index >= 15 is 0 Å². The monoisotopic (exact) mass is 331 g/mol. The SMILES string of the molecule is Cc1cc(C)n(CCCNC(=O)c2cc3c(s2)CCCCC3)n1. The Balaban J connectivity index is 1.49. The largest absolute Gasteiger partial charge is 0.351 e. The molecule has 2 heterocycles. The van der Waals surface area contributed by atoms with Crippen molar-refractivity contribution >= 4 is 17.2 Å². The number of nitrogens with one attached hydrogen (secondary N) is 1. The van der Waals surface area contributed by atoms with E-state index in [1.54, 1.807) is 11.3 Å². The fourth-order valence-electron chi connectivity index (χ4n) is 3.20. The zero-order chi connectivity index (χ0) is 16.2. The highest BCUT2D eigenvalue weighted by atomic mass is 32.1. The number of amides is 1. The van der Waals surface area contributed by atoms with Crippen molar-refractivity contribution in [2.24, 2.45) is 0 Å². The zero-order valence-electron chi connectivity index (χ0n) is 14.0. The van der Waals surface area contributed by atoms with Gasteiger partial charge in [-0.05, 0) is 63.6 Å².